The van der Waals surface area contributed by atoms with Gasteiger partial charge in [0.2, 0.25) is 0 Å². The third-order valence-electron chi connectivity index (χ3n) is 4.28. The second-order valence-electron chi connectivity index (χ2n) is 6.69. The molecule has 4 nitrogen and oxygen atoms in total. The van der Waals surface area contributed by atoms with Gasteiger partial charge in [0.1, 0.15) is 11.9 Å². The Morgan fingerprint density at radius 2 is 2.09 bits per heavy atom. The lowest BCUT2D eigenvalue weighted by molar-refractivity contribution is 0.0943. The molecule has 0 aliphatic carbocycles. The molecular weight excluding hydrogens is 312 g/mol. The van der Waals surface area contributed by atoms with Gasteiger partial charge < -0.3 is 14.6 Å². The summed E-state index contributed by atoms with van der Waals surface area (Å²) in [5, 5.41) is 1.95. The molecule has 0 unspecified atom stereocenters. The Labute approximate surface area is 141 Å². The van der Waals surface area contributed by atoms with E-state index in [1.54, 1.807) is 12.3 Å². The Kier molecular flexibility index (Phi) is 4.93. The van der Waals surface area contributed by atoms with E-state index in [1.165, 1.54) is 0 Å². The lowest BCUT2D eigenvalue weighted by atomic mass is 10.1. The summed E-state index contributed by atoms with van der Waals surface area (Å²) in [6.07, 6.45) is 3.86. The summed E-state index contributed by atoms with van der Waals surface area (Å²) in [6, 6.07) is 5.43. The van der Waals surface area contributed by atoms with Crippen molar-refractivity contribution in [2.24, 2.45) is 5.92 Å². The molecule has 0 spiro atoms. The van der Waals surface area contributed by atoms with Gasteiger partial charge in [-0.15, -0.1) is 0 Å². The standard InChI is InChI=1S/C18H23ClN2O2/c1-12(2)11-21-7-4-14(5-8-21)23-17-9-13-3-6-20-18(22)15(13)10-16(17)19/h3,6,9-10,12,14H,4-5,7-8,11H2,1-2H3,(H,20,22). The number of aromatic amines is 1. The maximum atomic E-state index is 11.8. The van der Waals surface area contributed by atoms with Crippen LogP contribution in [0.2, 0.25) is 5.02 Å². The summed E-state index contributed by atoms with van der Waals surface area (Å²) in [5.41, 5.74) is -0.127. The third kappa shape index (κ3) is 3.88. The zero-order chi connectivity index (χ0) is 16.4. The first kappa shape index (κ1) is 16.3. The number of nitrogens with zero attached hydrogens (tertiary/aromatic N) is 1. The lowest BCUT2D eigenvalue weighted by Crippen LogP contribution is -2.39. The van der Waals surface area contributed by atoms with E-state index < -0.39 is 0 Å². The Balaban J connectivity index is 1.70. The number of hydrogen-bond donors (Lipinski definition) is 1. The van der Waals surface area contributed by atoms with Gasteiger partial charge in [0.25, 0.3) is 5.56 Å². The van der Waals surface area contributed by atoms with Crippen LogP contribution < -0.4 is 10.3 Å². The summed E-state index contributed by atoms with van der Waals surface area (Å²) < 4.78 is 6.12. The number of halogens is 1. The minimum atomic E-state index is -0.127. The number of benzene rings is 1. The summed E-state index contributed by atoms with van der Waals surface area (Å²) in [4.78, 5) is 17.0. The van der Waals surface area contributed by atoms with E-state index >= 15 is 0 Å². The highest BCUT2D eigenvalue weighted by molar-refractivity contribution is 6.32. The molecule has 0 amide bonds. The quantitative estimate of drug-likeness (QED) is 0.927. The van der Waals surface area contributed by atoms with Crippen LogP contribution in [0.1, 0.15) is 26.7 Å². The fourth-order valence-electron chi connectivity index (χ4n) is 3.18. The average Bonchev–Trinajstić information content (AvgIpc) is 2.50. The molecule has 0 saturated carbocycles. The van der Waals surface area contributed by atoms with Crippen molar-refractivity contribution in [1.29, 1.82) is 0 Å². The Morgan fingerprint density at radius 1 is 1.35 bits per heavy atom. The molecule has 3 rings (SSSR count). The van der Waals surface area contributed by atoms with Crippen LogP contribution in [0.25, 0.3) is 10.8 Å². The summed E-state index contributed by atoms with van der Waals surface area (Å²) in [6.45, 7) is 7.77. The van der Waals surface area contributed by atoms with Crippen molar-refractivity contribution in [3.05, 3.63) is 39.8 Å². The number of rotatable bonds is 4. The highest BCUT2D eigenvalue weighted by Crippen LogP contribution is 2.31. The first-order valence-corrected chi connectivity index (χ1v) is 8.60. The number of nitrogens with one attached hydrogen (secondary N) is 1. The number of piperidine rings is 1. The molecule has 2 aromatic rings. The van der Waals surface area contributed by atoms with Gasteiger partial charge >= 0.3 is 0 Å². The fourth-order valence-corrected chi connectivity index (χ4v) is 3.39. The maximum Gasteiger partial charge on any atom is 0.255 e. The first-order chi connectivity index (χ1) is 11.0. The number of fused-ring (bicyclic) bond motifs is 1. The van der Waals surface area contributed by atoms with Crippen LogP contribution in [0.3, 0.4) is 0 Å². The topological polar surface area (TPSA) is 45.3 Å². The number of ether oxygens (including phenoxy) is 1. The largest absolute Gasteiger partial charge is 0.489 e. The monoisotopic (exact) mass is 334 g/mol. The van der Waals surface area contributed by atoms with Crippen LogP contribution in [0.15, 0.2) is 29.2 Å². The normalized spacial score (nSPS) is 17.0. The SMILES string of the molecule is CC(C)CN1CCC(Oc2cc3cc[nH]c(=O)c3cc2Cl)CC1. The van der Waals surface area contributed by atoms with Crippen molar-refractivity contribution in [3.8, 4) is 5.75 Å². The third-order valence-corrected chi connectivity index (χ3v) is 4.57. The van der Waals surface area contributed by atoms with Crippen molar-refractivity contribution in [2.75, 3.05) is 19.6 Å². The number of hydrogen-bond acceptors (Lipinski definition) is 3. The molecule has 1 saturated heterocycles. The molecule has 1 aliphatic heterocycles. The molecule has 0 radical (unpaired) electrons. The summed E-state index contributed by atoms with van der Waals surface area (Å²) in [5.74, 6) is 1.37. The van der Waals surface area contributed by atoms with E-state index in [2.05, 4.69) is 23.7 Å². The molecule has 2 heterocycles. The van der Waals surface area contributed by atoms with Crippen molar-refractivity contribution in [2.45, 2.75) is 32.8 Å². The first-order valence-electron chi connectivity index (χ1n) is 8.23. The van der Waals surface area contributed by atoms with Gasteiger partial charge in [-0.05, 0) is 42.3 Å². The maximum absolute atomic E-state index is 11.8. The second kappa shape index (κ2) is 6.93. The van der Waals surface area contributed by atoms with Crippen molar-refractivity contribution in [3.63, 3.8) is 0 Å². The molecule has 0 bridgehead atoms. The molecule has 1 aromatic carbocycles. The average molecular weight is 335 g/mol. The predicted octanol–water partition coefficient (Wildman–Crippen LogP) is 3.68. The molecule has 1 aromatic heterocycles. The van der Waals surface area contributed by atoms with Crippen LogP contribution in [-0.4, -0.2) is 35.6 Å². The van der Waals surface area contributed by atoms with E-state index in [9.17, 15) is 4.79 Å². The molecule has 124 valence electrons. The van der Waals surface area contributed by atoms with Crippen LogP contribution >= 0.6 is 11.6 Å². The van der Waals surface area contributed by atoms with Gasteiger partial charge in [0.15, 0.2) is 0 Å². The fraction of sp³-hybridized carbons (Fsp3) is 0.500. The minimum absolute atomic E-state index is 0.127. The zero-order valence-corrected chi connectivity index (χ0v) is 14.4. The molecule has 1 fully saturated rings. The van der Waals surface area contributed by atoms with Crippen LogP contribution in [0.5, 0.6) is 5.75 Å². The van der Waals surface area contributed by atoms with Gasteiger partial charge in [-0.1, -0.05) is 25.4 Å². The molecule has 1 aliphatic rings. The van der Waals surface area contributed by atoms with E-state index in [0.29, 0.717) is 22.1 Å². The molecule has 1 N–H and O–H groups in total. The molecular formula is C18H23ClN2O2. The second-order valence-corrected chi connectivity index (χ2v) is 7.10. The number of likely N-dealkylation sites (tertiary alicyclic amines) is 1. The zero-order valence-electron chi connectivity index (χ0n) is 13.6. The lowest BCUT2D eigenvalue weighted by Gasteiger charge is -2.33. The van der Waals surface area contributed by atoms with Crippen LogP contribution in [-0.2, 0) is 0 Å². The van der Waals surface area contributed by atoms with E-state index in [-0.39, 0.29) is 11.7 Å². The number of H-pyrrole nitrogens is 1. The molecule has 5 heteroatoms. The van der Waals surface area contributed by atoms with Gasteiger partial charge in [-0.3, -0.25) is 4.79 Å². The van der Waals surface area contributed by atoms with Crippen molar-refractivity contribution >= 4 is 22.4 Å². The van der Waals surface area contributed by atoms with Crippen LogP contribution in [0.4, 0.5) is 0 Å². The van der Waals surface area contributed by atoms with E-state index in [4.69, 9.17) is 16.3 Å². The van der Waals surface area contributed by atoms with Crippen molar-refractivity contribution in [1.82, 2.24) is 9.88 Å². The van der Waals surface area contributed by atoms with Crippen molar-refractivity contribution < 1.29 is 4.74 Å². The van der Waals surface area contributed by atoms with E-state index in [0.717, 1.165) is 37.9 Å². The Morgan fingerprint density at radius 3 is 2.78 bits per heavy atom. The highest BCUT2D eigenvalue weighted by atomic mass is 35.5. The highest BCUT2D eigenvalue weighted by Gasteiger charge is 2.21. The van der Waals surface area contributed by atoms with Crippen LogP contribution in [0, 0.1) is 5.92 Å². The van der Waals surface area contributed by atoms with Gasteiger partial charge in [0, 0.05) is 31.2 Å². The van der Waals surface area contributed by atoms with Gasteiger partial charge in [-0.2, -0.15) is 0 Å². The predicted molar refractivity (Wildman–Crippen MR) is 94.5 cm³/mol. The summed E-state index contributed by atoms with van der Waals surface area (Å²) in [7, 11) is 0. The van der Waals surface area contributed by atoms with E-state index in [1.807, 2.05) is 12.1 Å². The minimum Gasteiger partial charge on any atom is -0.489 e. The molecule has 23 heavy (non-hydrogen) atoms. The summed E-state index contributed by atoms with van der Waals surface area (Å²) >= 11 is 6.30. The van der Waals surface area contributed by atoms with Gasteiger partial charge in [-0.25, -0.2) is 0 Å². The number of aromatic nitrogens is 1. The molecule has 0 atom stereocenters. The Hall–Kier alpha value is -1.52. The smallest absolute Gasteiger partial charge is 0.255 e. The number of pyridine rings is 1. The Bertz CT molecular complexity index is 733. The van der Waals surface area contributed by atoms with Gasteiger partial charge in [0.05, 0.1) is 5.02 Å².